The third kappa shape index (κ3) is 4.21. The molecule has 6 nitrogen and oxygen atoms in total. The maximum atomic E-state index is 12.5. The van der Waals surface area contributed by atoms with Crippen molar-refractivity contribution in [2.24, 2.45) is 5.73 Å². The third-order valence-corrected chi connectivity index (χ3v) is 4.15. The molecule has 3 N–H and O–H groups in total. The maximum absolute atomic E-state index is 12.5. The van der Waals surface area contributed by atoms with E-state index in [1.165, 1.54) is 0 Å². The average Bonchev–Trinajstić information content (AvgIpc) is 3.15. The number of nitrogens with zero attached hydrogens (tertiary/aromatic N) is 1. The zero-order chi connectivity index (χ0) is 17.6. The molecule has 0 saturated carbocycles. The van der Waals surface area contributed by atoms with Crippen LogP contribution in [0.2, 0.25) is 0 Å². The van der Waals surface area contributed by atoms with Crippen LogP contribution in [0.3, 0.4) is 0 Å². The molecule has 0 fully saturated rings. The van der Waals surface area contributed by atoms with Crippen molar-refractivity contribution in [3.05, 3.63) is 65.7 Å². The molecule has 0 aliphatic rings. The zero-order valence-electron chi connectivity index (χ0n) is 13.1. The van der Waals surface area contributed by atoms with E-state index in [4.69, 9.17) is 10.5 Å². The van der Waals surface area contributed by atoms with Gasteiger partial charge in [-0.05, 0) is 36.4 Å². The Balaban J connectivity index is 1.73. The molecule has 0 spiro atoms. The molecule has 0 radical (unpaired) electrons. The number of ether oxygens (including phenoxy) is 1. The Bertz CT molecular complexity index is 877. The molecule has 1 aromatic heterocycles. The summed E-state index contributed by atoms with van der Waals surface area (Å²) in [7, 11) is 0. The van der Waals surface area contributed by atoms with Crippen LogP contribution >= 0.6 is 11.3 Å². The Hall–Kier alpha value is -3.19. The number of carbonyl (C=O) groups excluding carboxylic acids is 2. The fourth-order valence-electron chi connectivity index (χ4n) is 2.19. The Morgan fingerprint density at radius 1 is 1.12 bits per heavy atom. The lowest BCUT2D eigenvalue weighted by molar-refractivity contribution is -0.119. The lowest BCUT2D eigenvalue weighted by Crippen LogP contribution is -2.21. The second-order valence-corrected chi connectivity index (χ2v) is 6.01. The highest BCUT2D eigenvalue weighted by Crippen LogP contribution is 2.24. The molecule has 0 atom stereocenters. The van der Waals surface area contributed by atoms with Crippen LogP contribution in [-0.4, -0.2) is 23.4 Å². The maximum Gasteiger partial charge on any atom is 0.259 e. The van der Waals surface area contributed by atoms with Gasteiger partial charge in [-0.3, -0.25) is 9.59 Å². The van der Waals surface area contributed by atoms with E-state index in [0.717, 1.165) is 10.6 Å². The summed E-state index contributed by atoms with van der Waals surface area (Å²) in [6, 6.07) is 14.1. The van der Waals surface area contributed by atoms with E-state index in [1.54, 1.807) is 41.8 Å². The number of nitrogens with two attached hydrogens (primary N) is 1. The molecule has 3 aromatic rings. The predicted molar refractivity (Wildman–Crippen MR) is 96.6 cm³/mol. The van der Waals surface area contributed by atoms with Gasteiger partial charge in [0.25, 0.3) is 11.8 Å². The van der Waals surface area contributed by atoms with Gasteiger partial charge in [-0.15, -0.1) is 11.3 Å². The number of hydrogen-bond acceptors (Lipinski definition) is 5. The Labute approximate surface area is 148 Å². The van der Waals surface area contributed by atoms with E-state index in [2.05, 4.69) is 10.3 Å². The number of amides is 2. The van der Waals surface area contributed by atoms with Crippen LogP contribution in [0.1, 0.15) is 10.4 Å². The van der Waals surface area contributed by atoms with Crippen molar-refractivity contribution in [1.82, 2.24) is 4.98 Å². The summed E-state index contributed by atoms with van der Waals surface area (Å²) in [4.78, 5) is 27.6. The average molecular weight is 353 g/mol. The Morgan fingerprint density at radius 3 is 2.56 bits per heavy atom. The molecular formula is C18H15N3O3S. The number of anilines is 1. The number of rotatable bonds is 6. The normalized spacial score (nSPS) is 10.2. The van der Waals surface area contributed by atoms with Crippen LogP contribution in [0.15, 0.2) is 60.1 Å². The first kappa shape index (κ1) is 16.7. The number of thiazole rings is 1. The van der Waals surface area contributed by atoms with Gasteiger partial charge in [0.1, 0.15) is 10.8 Å². The topological polar surface area (TPSA) is 94.3 Å². The monoisotopic (exact) mass is 353 g/mol. The van der Waals surface area contributed by atoms with Gasteiger partial charge in [0.15, 0.2) is 6.61 Å². The molecule has 2 aromatic carbocycles. The largest absolute Gasteiger partial charge is 0.483 e. The summed E-state index contributed by atoms with van der Waals surface area (Å²) in [6.45, 7) is -0.285. The standard InChI is InChI=1S/C18H15N3O3S/c19-16(22)11-24-15-4-2-1-3-14(15)17(23)21-13-7-5-12(6-8-13)18-20-9-10-25-18/h1-10H,11H2,(H2,19,22)(H,21,23). The quantitative estimate of drug-likeness (QED) is 0.712. The summed E-state index contributed by atoms with van der Waals surface area (Å²) in [6.07, 6.45) is 1.75. The van der Waals surface area contributed by atoms with Crippen LogP contribution < -0.4 is 15.8 Å². The van der Waals surface area contributed by atoms with E-state index in [0.29, 0.717) is 17.0 Å². The fourth-order valence-corrected chi connectivity index (χ4v) is 2.83. The number of carbonyl (C=O) groups is 2. The van der Waals surface area contributed by atoms with Gasteiger partial charge in [0.2, 0.25) is 0 Å². The van der Waals surface area contributed by atoms with Gasteiger partial charge >= 0.3 is 0 Å². The highest BCUT2D eigenvalue weighted by atomic mass is 32.1. The second kappa shape index (κ2) is 7.59. The molecule has 0 aliphatic heterocycles. The summed E-state index contributed by atoms with van der Waals surface area (Å²) >= 11 is 1.55. The van der Waals surface area contributed by atoms with Crippen molar-refractivity contribution in [2.45, 2.75) is 0 Å². The summed E-state index contributed by atoms with van der Waals surface area (Å²) in [5.74, 6) is -0.631. The van der Waals surface area contributed by atoms with E-state index in [-0.39, 0.29) is 12.5 Å². The van der Waals surface area contributed by atoms with Crippen LogP contribution in [0.25, 0.3) is 10.6 Å². The van der Waals surface area contributed by atoms with Crippen molar-refractivity contribution in [2.75, 3.05) is 11.9 Å². The minimum absolute atomic E-state index is 0.285. The van der Waals surface area contributed by atoms with E-state index in [1.807, 2.05) is 29.6 Å². The van der Waals surface area contributed by atoms with Gasteiger partial charge in [-0.2, -0.15) is 0 Å². The first-order valence-electron chi connectivity index (χ1n) is 7.45. The molecule has 7 heteroatoms. The van der Waals surface area contributed by atoms with Crippen molar-refractivity contribution >= 4 is 28.8 Å². The van der Waals surface area contributed by atoms with Crippen molar-refractivity contribution in [3.63, 3.8) is 0 Å². The van der Waals surface area contributed by atoms with Crippen molar-refractivity contribution in [1.29, 1.82) is 0 Å². The van der Waals surface area contributed by atoms with Gasteiger partial charge in [0, 0.05) is 22.8 Å². The third-order valence-electron chi connectivity index (χ3n) is 3.32. The minimum Gasteiger partial charge on any atom is -0.483 e. The van der Waals surface area contributed by atoms with Gasteiger partial charge in [0.05, 0.1) is 5.56 Å². The lowest BCUT2D eigenvalue weighted by atomic mass is 10.1. The number of nitrogens with one attached hydrogen (secondary N) is 1. The molecule has 1 heterocycles. The Morgan fingerprint density at radius 2 is 1.88 bits per heavy atom. The van der Waals surface area contributed by atoms with Gasteiger partial charge in [-0.25, -0.2) is 4.98 Å². The molecule has 3 rings (SSSR count). The highest BCUT2D eigenvalue weighted by Gasteiger charge is 2.13. The van der Waals surface area contributed by atoms with Crippen LogP contribution in [0, 0.1) is 0 Å². The molecule has 126 valence electrons. The minimum atomic E-state index is -0.604. The van der Waals surface area contributed by atoms with Crippen molar-refractivity contribution in [3.8, 4) is 16.3 Å². The van der Waals surface area contributed by atoms with E-state index < -0.39 is 5.91 Å². The Kier molecular flexibility index (Phi) is 5.06. The first-order chi connectivity index (χ1) is 12.1. The molecule has 0 aliphatic carbocycles. The van der Waals surface area contributed by atoms with Gasteiger partial charge < -0.3 is 15.8 Å². The summed E-state index contributed by atoms with van der Waals surface area (Å²) < 4.78 is 5.28. The molecule has 0 saturated heterocycles. The van der Waals surface area contributed by atoms with Gasteiger partial charge in [-0.1, -0.05) is 12.1 Å². The molecular weight excluding hydrogens is 338 g/mol. The van der Waals surface area contributed by atoms with Crippen LogP contribution in [0.4, 0.5) is 5.69 Å². The van der Waals surface area contributed by atoms with E-state index >= 15 is 0 Å². The number of para-hydroxylation sites is 1. The molecule has 0 bridgehead atoms. The molecule has 25 heavy (non-hydrogen) atoms. The van der Waals surface area contributed by atoms with Crippen molar-refractivity contribution < 1.29 is 14.3 Å². The number of primary amides is 1. The lowest BCUT2D eigenvalue weighted by Gasteiger charge is -2.11. The summed E-state index contributed by atoms with van der Waals surface area (Å²) in [5, 5.41) is 5.64. The number of benzene rings is 2. The smallest absolute Gasteiger partial charge is 0.259 e. The van der Waals surface area contributed by atoms with E-state index in [9.17, 15) is 9.59 Å². The fraction of sp³-hybridized carbons (Fsp3) is 0.0556. The zero-order valence-corrected chi connectivity index (χ0v) is 14.0. The highest BCUT2D eigenvalue weighted by molar-refractivity contribution is 7.13. The predicted octanol–water partition coefficient (Wildman–Crippen LogP) is 2.93. The SMILES string of the molecule is NC(=O)COc1ccccc1C(=O)Nc1ccc(-c2nccs2)cc1. The molecule has 0 unspecified atom stereocenters. The number of hydrogen-bond donors (Lipinski definition) is 2. The first-order valence-corrected chi connectivity index (χ1v) is 8.33. The summed E-state index contributed by atoms with van der Waals surface area (Å²) in [5.41, 5.74) is 7.03. The number of aromatic nitrogens is 1. The molecule has 2 amide bonds. The van der Waals surface area contributed by atoms with Crippen LogP contribution in [0.5, 0.6) is 5.75 Å². The van der Waals surface area contributed by atoms with Crippen LogP contribution in [-0.2, 0) is 4.79 Å². The second-order valence-electron chi connectivity index (χ2n) is 5.12.